The Morgan fingerprint density at radius 2 is 1.89 bits per heavy atom. The van der Waals surface area contributed by atoms with Gasteiger partial charge in [0.25, 0.3) is 0 Å². The molecule has 0 aromatic rings. The van der Waals surface area contributed by atoms with E-state index in [-0.39, 0.29) is 25.0 Å². The minimum Gasteiger partial charge on any atom is -0.468 e. The third-order valence-electron chi connectivity index (χ3n) is 2.90. The van der Waals surface area contributed by atoms with Crippen LogP contribution < -0.4 is 5.32 Å². The normalized spacial score (nSPS) is 10.9. The van der Waals surface area contributed by atoms with Gasteiger partial charge in [0.2, 0.25) is 5.91 Å². The number of rotatable bonds is 7. The fourth-order valence-electron chi connectivity index (χ4n) is 1.56. The zero-order valence-electron chi connectivity index (χ0n) is 11.6. The molecular weight excluding hydrogens is 232 g/mol. The van der Waals surface area contributed by atoms with Crippen LogP contribution in [0.2, 0.25) is 0 Å². The van der Waals surface area contributed by atoms with Gasteiger partial charge in [-0.05, 0) is 19.9 Å². The lowest BCUT2D eigenvalue weighted by atomic mass is 9.94. The second kappa shape index (κ2) is 7.72. The Kier molecular flexibility index (Phi) is 7.06. The van der Waals surface area contributed by atoms with Crippen LogP contribution in [0.4, 0.5) is 0 Å². The quantitative estimate of drug-likeness (QED) is 0.528. The van der Waals surface area contributed by atoms with E-state index in [1.807, 2.05) is 13.8 Å². The van der Waals surface area contributed by atoms with E-state index in [1.54, 1.807) is 11.9 Å². The highest BCUT2D eigenvalue weighted by atomic mass is 16.5. The van der Waals surface area contributed by atoms with E-state index in [2.05, 4.69) is 16.0 Å². The molecule has 0 aromatic heterocycles. The van der Waals surface area contributed by atoms with Crippen LogP contribution >= 0.6 is 0 Å². The van der Waals surface area contributed by atoms with Gasteiger partial charge in [0, 0.05) is 0 Å². The summed E-state index contributed by atoms with van der Waals surface area (Å²) in [6.45, 7) is 4.05. The summed E-state index contributed by atoms with van der Waals surface area (Å²) in [5, 5.41) is 2.83. The Labute approximate surface area is 109 Å². The van der Waals surface area contributed by atoms with Gasteiger partial charge in [0.1, 0.15) is 5.54 Å². The van der Waals surface area contributed by atoms with Crippen molar-refractivity contribution in [3.63, 3.8) is 0 Å². The van der Waals surface area contributed by atoms with Crippen molar-refractivity contribution in [3.05, 3.63) is 0 Å². The minimum atomic E-state index is -0.594. The molecular formula is C13H22N2O3. The van der Waals surface area contributed by atoms with Crippen LogP contribution in [0.3, 0.4) is 0 Å². The standard InChI is InChI=1S/C13H22N2O3/c1-6-13(7-2,8-3)14-11(16)9-15(4)10-12(17)18-5/h1H,7-10H2,2-5H3,(H,14,16). The maximum absolute atomic E-state index is 11.8. The average molecular weight is 254 g/mol. The monoisotopic (exact) mass is 254 g/mol. The molecule has 0 rings (SSSR count). The number of nitrogens with zero attached hydrogens (tertiary/aromatic N) is 1. The molecule has 0 bridgehead atoms. The number of nitrogens with one attached hydrogen (secondary N) is 1. The van der Waals surface area contributed by atoms with Crippen LogP contribution in [-0.4, -0.2) is 49.6 Å². The van der Waals surface area contributed by atoms with E-state index in [9.17, 15) is 9.59 Å². The SMILES string of the molecule is C#CC(CC)(CC)NC(=O)CN(C)CC(=O)OC. The highest BCUT2D eigenvalue weighted by molar-refractivity contribution is 5.80. The van der Waals surface area contributed by atoms with Crippen molar-refractivity contribution in [2.75, 3.05) is 27.2 Å². The van der Waals surface area contributed by atoms with E-state index in [0.29, 0.717) is 12.8 Å². The summed E-state index contributed by atoms with van der Waals surface area (Å²) < 4.78 is 4.52. The van der Waals surface area contributed by atoms with Crippen LogP contribution in [0.1, 0.15) is 26.7 Å². The first kappa shape index (κ1) is 16.5. The molecule has 0 fully saturated rings. The summed E-state index contributed by atoms with van der Waals surface area (Å²) in [7, 11) is 2.99. The first-order valence-corrected chi connectivity index (χ1v) is 5.97. The van der Waals surface area contributed by atoms with Gasteiger partial charge < -0.3 is 10.1 Å². The van der Waals surface area contributed by atoms with Gasteiger partial charge in [0.15, 0.2) is 0 Å². The molecule has 5 nitrogen and oxygen atoms in total. The zero-order chi connectivity index (χ0) is 14.2. The topological polar surface area (TPSA) is 58.6 Å². The molecule has 0 saturated heterocycles. The molecule has 0 spiro atoms. The van der Waals surface area contributed by atoms with Gasteiger partial charge in [-0.15, -0.1) is 6.42 Å². The molecule has 0 unspecified atom stereocenters. The summed E-state index contributed by atoms with van der Waals surface area (Å²) in [5.74, 6) is 2.06. The number of ether oxygens (including phenoxy) is 1. The number of likely N-dealkylation sites (N-methyl/N-ethyl adjacent to an activating group) is 1. The fraction of sp³-hybridized carbons (Fsp3) is 0.692. The Morgan fingerprint density at radius 3 is 2.28 bits per heavy atom. The molecule has 0 aliphatic rings. The van der Waals surface area contributed by atoms with Gasteiger partial charge >= 0.3 is 5.97 Å². The van der Waals surface area contributed by atoms with Crippen LogP contribution in [-0.2, 0) is 14.3 Å². The molecule has 18 heavy (non-hydrogen) atoms. The Hall–Kier alpha value is -1.54. The lowest BCUT2D eigenvalue weighted by molar-refractivity contribution is -0.141. The van der Waals surface area contributed by atoms with E-state index in [4.69, 9.17) is 6.42 Å². The minimum absolute atomic E-state index is 0.0746. The maximum atomic E-state index is 11.8. The number of carbonyl (C=O) groups is 2. The highest BCUT2D eigenvalue weighted by Crippen LogP contribution is 2.13. The molecule has 0 atom stereocenters. The third-order valence-corrected chi connectivity index (χ3v) is 2.90. The number of esters is 1. The highest BCUT2D eigenvalue weighted by Gasteiger charge is 2.25. The largest absolute Gasteiger partial charge is 0.468 e. The van der Waals surface area contributed by atoms with E-state index in [1.165, 1.54) is 7.11 Å². The molecule has 0 heterocycles. The molecule has 102 valence electrons. The van der Waals surface area contributed by atoms with Crippen molar-refractivity contribution in [1.82, 2.24) is 10.2 Å². The smallest absolute Gasteiger partial charge is 0.319 e. The molecule has 5 heteroatoms. The lowest BCUT2D eigenvalue weighted by Crippen LogP contribution is -2.50. The second-order valence-electron chi connectivity index (χ2n) is 4.23. The third kappa shape index (κ3) is 5.19. The molecule has 0 aliphatic heterocycles. The van der Waals surface area contributed by atoms with Crippen molar-refractivity contribution in [2.24, 2.45) is 0 Å². The maximum Gasteiger partial charge on any atom is 0.319 e. The fourth-order valence-corrected chi connectivity index (χ4v) is 1.56. The lowest BCUT2D eigenvalue weighted by Gasteiger charge is -2.28. The summed E-state index contributed by atoms with van der Waals surface area (Å²) in [6.07, 6.45) is 6.80. The van der Waals surface area contributed by atoms with Crippen LogP contribution in [0.5, 0.6) is 0 Å². The number of hydrogen-bond donors (Lipinski definition) is 1. The van der Waals surface area contributed by atoms with Crippen molar-refractivity contribution >= 4 is 11.9 Å². The number of hydrogen-bond acceptors (Lipinski definition) is 4. The summed E-state index contributed by atoms with van der Waals surface area (Å²) in [5.41, 5.74) is -0.594. The van der Waals surface area contributed by atoms with Crippen LogP contribution in [0, 0.1) is 12.3 Å². The Morgan fingerprint density at radius 1 is 1.33 bits per heavy atom. The van der Waals surface area contributed by atoms with Crippen molar-refractivity contribution in [1.29, 1.82) is 0 Å². The van der Waals surface area contributed by atoms with Crippen LogP contribution in [0.15, 0.2) is 0 Å². The average Bonchev–Trinajstić information content (AvgIpc) is 2.35. The molecule has 0 aliphatic carbocycles. The molecule has 0 radical (unpaired) electrons. The van der Waals surface area contributed by atoms with Gasteiger partial charge in [-0.25, -0.2) is 0 Å². The van der Waals surface area contributed by atoms with E-state index in [0.717, 1.165) is 0 Å². The summed E-state index contributed by atoms with van der Waals surface area (Å²) in [6, 6.07) is 0. The Bertz CT molecular complexity index is 330. The second-order valence-corrected chi connectivity index (χ2v) is 4.23. The number of methoxy groups -OCH3 is 1. The first-order chi connectivity index (χ1) is 8.42. The van der Waals surface area contributed by atoms with E-state index < -0.39 is 5.54 Å². The van der Waals surface area contributed by atoms with Crippen molar-refractivity contribution in [2.45, 2.75) is 32.2 Å². The Balaban J connectivity index is 4.34. The van der Waals surface area contributed by atoms with Gasteiger partial charge in [0.05, 0.1) is 20.2 Å². The number of carbonyl (C=O) groups excluding carboxylic acids is 2. The van der Waals surface area contributed by atoms with E-state index >= 15 is 0 Å². The van der Waals surface area contributed by atoms with Crippen LogP contribution in [0.25, 0.3) is 0 Å². The predicted molar refractivity (Wildman–Crippen MR) is 69.8 cm³/mol. The summed E-state index contributed by atoms with van der Waals surface area (Å²) >= 11 is 0. The van der Waals surface area contributed by atoms with Gasteiger partial charge in [-0.3, -0.25) is 14.5 Å². The number of amides is 1. The first-order valence-electron chi connectivity index (χ1n) is 5.97. The molecule has 1 amide bonds. The molecule has 0 aromatic carbocycles. The van der Waals surface area contributed by atoms with Crippen molar-refractivity contribution in [3.8, 4) is 12.3 Å². The molecule has 0 saturated carbocycles. The molecule has 1 N–H and O–H groups in total. The number of terminal acetylenes is 1. The van der Waals surface area contributed by atoms with Gasteiger partial charge in [-0.2, -0.15) is 0 Å². The summed E-state index contributed by atoms with van der Waals surface area (Å²) in [4.78, 5) is 24.4. The van der Waals surface area contributed by atoms with Gasteiger partial charge in [-0.1, -0.05) is 19.8 Å². The predicted octanol–water partition coefficient (Wildman–Crippen LogP) is 0.399. The zero-order valence-corrected chi connectivity index (χ0v) is 11.6. The van der Waals surface area contributed by atoms with Crippen molar-refractivity contribution < 1.29 is 14.3 Å².